The molecule has 0 spiro atoms. The summed E-state index contributed by atoms with van der Waals surface area (Å²) in [6.45, 7) is 12.4. The van der Waals surface area contributed by atoms with Crippen LogP contribution >= 0.6 is 0 Å². The summed E-state index contributed by atoms with van der Waals surface area (Å²) < 4.78 is 0. The van der Waals surface area contributed by atoms with Crippen molar-refractivity contribution in [2.75, 3.05) is 0 Å². The van der Waals surface area contributed by atoms with Crippen LogP contribution in [0.1, 0.15) is 48.0 Å². The third-order valence-corrected chi connectivity index (χ3v) is 2.91. The minimum Gasteiger partial charge on any atom is -0.352 e. The molecule has 3 unspecified atom stereocenters. The Bertz CT molecular complexity index is 192. The fourth-order valence-corrected chi connectivity index (χ4v) is 1.13. The maximum Gasteiger partial charge on any atom is 0.237 e. The smallest absolute Gasteiger partial charge is 0.237 e. The van der Waals surface area contributed by atoms with Gasteiger partial charge in [0.25, 0.3) is 0 Å². The van der Waals surface area contributed by atoms with Crippen LogP contribution in [0.5, 0.6) is 0 Å². The zero-order chi connectivity index (χ0) is 12.0. The van der Waals surface area contributed by atoms with Crippen LogP contribution in [0.2, 0.25) is 0 Å². The summed E-state index contributed by atoms with van der Waals surface area (Å²) in [6.07, 6.45) is 0.970. The number of carbonyl (C=O) groups is 1. The standard InChI is InChI=1S/C12H26N2O/c1-7-9(4)13-12(15)11(6)14-10(5)8(2)3/h8-11,14H,7H2,1-6H3,(H,13,15). The highest BCUT2D eigenvalue weighted by Crippen LogP contribution is 2.01. The predicted molar refractivity (Wildman–Crippen MR) is 64.8 cm³/mol. The van der Waals surface area contributed by atoms with Gasteiger partial charge < -0.3 is 10.6 Å². The van der Waals surface area contributed by atoms with Crippen molar-refractivity contribution in [2.24, 2.45) is 5.92 Å². The molecule has 0 heterocycles. The molecule has 1 amide bonds. The second-order valence-corrected chi connectivity index (χ2v) is 4.74. The molecule has 0 saturated carbocycles. The molecule has 0 saturated heterocycles. The maximum atomic E-state index is 11.7. The minimum atomic E-state index is -0.114. The molecule has 0 aliphatic carbocycles. The average Bonchev–Trinajstić information content (AvgIpc) is 2.16. The Morgan fingerprint density at radius 3 is 2.07 bits per heavy atom. The van der Waals surface area contributed by atoms with Crippen LogP contribution in [-0.2, 0) is 4.79 Å². The van der Waals surface area contributed by atoms with Crippen LogP contribution in [0.25, 0.3) is 0 Å². The lowest BCUT2D eigenvalue weighted by atomic mass is 10.1. The van der Waals surface area contributed by atoms with Gasteiger partial charge in [0.2, 0.25) is 5.91 Å². The van der Waals surface area contributed by atoms with Crippen molar-refractivity contribution in [3.63, 3.8) is 0 Å². The summed E-state index contributed by atoms with van der Waals surface area (Å²) in [6, 6.07) is 0.509. The van der Waals surface area contributed by atoms with Gasteiger partial charge in [0.05, 0.1) is 6.04 Å². The van der Waals surface area contributed by atoms with Crippen LogP contribution in [-0.4, -0.2) is 24.0 Å². The van der Waals surface area contributed by atoms with Gasteiger partial charge in [-0.05, 0) is 33.1 Å². The lowest BCUT2D eigenvalue weighted by molar-refractivity contribution is -0.123. The molecule has 0 rings (SSSR count). The molecule has 0 aromatic carbocycles. The van der Waals surface area contributed by atoms with Crippen molar-refractivity contribution in [3.05, 3.63) is 0 Å². The summed E-state index contributed by atoms with van der Waals surface area (Å²) in [7, 11) is 0. The van der Waals surface area contributed by atoms with Crippen molar-refractivity contribution >= 4 is 5.91 Å². The summed E-state index contributed by atoms with van der Waals surface area (Å²) >= 11 is 0. The van der Waals surface area contributed by atoms with Gasteiger partial charge in [-0.1, -0.05) is 20.8 Å². The Morgan fingerprint density at radius 1 is 1.13 bits per heavy atom. The Hall–Kier alpha value is -0.570. The van der Waals surface area contributed by atoms with Gasteiger partial charge in [0, 0.05) is 12.1 Å². The quantitative estimate of drug-likeness (QED) is 0.709. The van der Waals surface area contributed by atoms with E-state index in [2.05, 4.69) is 38.3 Å². The van der Waals surface area contributed by atoms with E-state index in [0.717, 1.165) is 6.42 Å². The molecular formula is C12H26N2O. The molecular weight excluding hydrogens is 188 g/mol. The van der Waals surface area contributed by atoms with Gasteiger partial charge in [-0.3, -0.25) is 4.79 Å². The molecule has 0 radical (unpaired) electrons. The van der Waals surface area contributed by atoms with Crippen LogP contribution < -0.4 is 10.6 Å². The Kier molecular flexibility index (Phi) is 6.57. The van der Waals surface area contributed by atoms with E-state index >= 15 is 0 Å². The first-order valence-electron chi connectivity index (χ1n) is 5.94. The van der Waals surface area contributed by atoms with E-state index in [4.69, 9.17) is 0 Å². The van der Waals surface area contributed by atoms with Crippen LogP contribution in [0, 0.1) is 5.92 Å². The van der Waals surface area contributed by atoms with Gasteiger partial charge in [-0.25, -0.2) is 0 Å². The second-order valence-electron chi connectivity index (χ2n) is 4.74. The SMILES string of the molecule is CCC(C)NC(=O)C(C)NC(C)C(C)C. The number of rotatable bonds is 6. The number of hydrogen-bond acceptors (Lipinski definition) is 2. The van der Waals surface area contributed by atoms with E-state index in [1.807, 2.05) is 13.8 Å². The second kappa shape index (κ2) is 6.83. The first-order valence-corrected chi connectivity index (χ1v) is 5.94. The van der Waals surface area contributed by atoms with Gasteiger partial charge in [-0.15, -0.1) is 0 Å². The Morgan fingerprint density at radius 2 is 1.67 bits per heavy atom. The lowest BCUT2D eigenvalue weighted by Crippen LogP contribution is -2.49. The first kappa shape index (κ1) is 14.4. The van der Waals surface area contributed by atoms with Crippen molar-refractivity contribution < 1.29 is 4.79 Å². The molecule has 15 heavy (non-hydrogen) atoms. The van der Waals surface area contributed by atoms with Crippen molar-refractivity contribution in [1.82, 2.24) is 10.6 Å². The maximum absolute atomic E-state index is 11.7. The molecule has 0 fully saturated rings. The highest BCUT2D eigenvalue weighted by molar-refractivity contribution is 5.81. The first-order chi connectivity index (χ1) is 6.88. The summed E-state index contributed by atoms with van der Waals surface area (Å²) in [5, 5.41) is 6.27. The zero-order valence-electron chi connectivity index (χ0n) is 10.9. The molecule has 90 valence electrons. The zero-order valence-corrected chi connectivity index (χ0v) is 10.9. The largest absolute Gasteiger partial charge is 0.352 e. The fraction of sp³-hybridized carbons (Fsp3) is 0.917. The minimum absolute atomic E-state index is 0.0943. The molecule has 0 aromatic rings. The van der Waals surface area contributed by atoms with E-state index in [1.165, 1.54) is 0 Å². The molecule has 0 aliphatic rings. The van der Waals surface area contributed by atoms with Gasteiger partial charge in [0.1, 0.15) is 0 Å². The number of amides is 1. The highest BCUT2D eigenvalue weighted by atomic mass is 16.2. The fourth-order valence-electron chi connectivity index (χ4n) is 1.13. The third-order valence-electron chi connectivity index (χ3n) is 2.91. The molecule has 3 atom stereocenters. The number of hydrogen-bond donors (Lipinski definition) is 2. The van der Waals surface area contributed by atoms with Crippen molar-refractivity contribution in [2.45, 2.75) is 66.1 Å². The highest BCUT2D eigenvalue weighted by Gasteiger charge is 2.17. The van der Waals surface area contributed by atoms with E-state index in [9.17, 15) is 4.79 Å². The van der Waals surface area contributed by atoms with E-state index < -0.39 is 0 Å². The topological polar surface area (TPSA) is 41.1 Å². The van der Waals surface area contributed by atoms with Crippen LogP contribution in [0.15, 0.2) is 0 Å². The number of carbonyl (C=O) groups excluding carboxylic acids is 1. The van der Waals surface area contributed by atoms with Gasteiger partial charge in [-0.2, -0.15) is 0 Å². The molecule has 3 nitrogen and oxygen atoms in total. The summed E-state index contributed by atoms with van der Waals surface area (Å²) in [5.74, 6) is 0.640. The van der Waals surface area contributed by atoms with Crippen molar-refractivity contribution in [3.8, 4) is 0 Å². The van der Waals surface area contributed by atoms with Crippen LogP contribution in [0.3, 0.4) is 0 Å². The molecule has 2 N–H and O–H groups in total. The normalized spacial score (nSPS) is 17.3. The molecule has 0 aromatic heterocycles. The van der Waals surface area contributed by atoms with Gasteiger partial charge >= 0.3 is 0 Å². The summed E-state index contributed by atoms with van der Waals surface area (Å²) in [4.78, 5) is 11.7. The van der Waals surface area contributed by atoms with E-state index in [-0.39, 0.29) is 18.0 Å². The third kappa shape index (κ3) is 5.78. The molecule has 3 heteroatoms. The summed E-state index contributed by atoms with van der Waals surface area (Å²) in [5.41, 5.74) is 0. The molecule has 0 aliphatic heterocycles. The average molecular weight is 214 g/mol. The Labute approximate surface area is 94.0 Å². The van der Waals surface area contributed by atoms with Crippen LogP contribution in [0.4, 0.5) is 0 Å². The van der Waals surface area contributed by atoms with E-state index in [1.54, 1.807) is 0 Å². The Balaban J connectivity index is 3.99. The monoisotopic (exact) mass is 214 g/mol. The van der Waals surface area contributed by atoms with Gasteiger partial charge in [0.15, 0.2) is 0 Å². The molecule has 0 bridgehead atoms. The van der Waals surface area contributed by atoms with Crippen molar-refractivity contribution in [1.29, 1.82) is 0 Å². The van der Waals surface area contributed by atoms with E-state index in [0.29, 0.717) is 12.0 Å². The number of nitrogens with one attached hydrogen (secondary N) is 2. The predicted octanol–water partition coefficient (Wildman–Crippen LogP) is 1.92. The lowest BCUT2D eigenvalue weighted by Gasteiger charge is -2.23.